The Labute approximate surface area is 144 Å². The van der Waals surface area contributed by atoms with E-state index in [0.717, 1.165) is 28.5 Å². The first-order valence-electron chi connectivity index (χ1n) is 8.06. The number of para-hydroxylation sites is 2. The van der Waals surface area contributed by atoms with E-state index in [9.17, 15) is 0 Å². The van der Waals surface area contributed by atoms with Crippen molar-refractivity contribution >= 4 is 20.6 Å². The second kappa shape index (κ2) is 7.27. The summed E-state index contributed by atoms with van der Waals surface area (Å²) >= 11 is 0. The normalized spacial score (nSPS) is 11.8. The summed E-state index contributed by atoms with van der Waals surface area (Å²) in [5.41, 5.74) is 2.79. The maximum absolute atomic E-state index is 6.03. The lowest BCUT2D eigenvalue weighted by molar-refractivity contribution is 0.582. The van der Waals surface area contributed by atoms with Gasteiger partial charge in [0.2, 0.25) is 9.04 Å². The third-order valence-electron chi connectivity index (χ3n) is 3.43. The minimum Gasteiger partial charge on any atom is -0.546 e. The van der Waals surface area contributed by atoms with E-state index < -0.39 is 9.04 Å². The average molecular weight is 335 g/mol. The molecule has 0 atom stereocenters. The second-order valence-electron chi connectivity index (χ2n) is 5.84. The zero-order valence-corrected chi connectivity index (χ0v) is 15.3. The quantitative estimate of drug-likeness (QED) is 0.407. The standard InChI is InChI=1S/C19H21N3OSi/c1-15-13-14-22(21-15)19(16-9-5-4-6-10-16)20-17-11-7-8-12-18(17)23-24(2)3/h4-14,24H,1-3H3. The number of aromatic nitrogens is 2. The number of hydrogen-bond donors (Lipinski definition) is 0. The molecule has 0 aliphatic carbocycles. The van der Waals surface area contributed by atoms with Gasteiger partial charge in [0.1, 0.15) is 11.4 Å². The first-order valence-corrected chi connectivity index (χ1v) is 10.8. The van der Waals surface area contributed by atoms with Crippen LogP contribution in [0.3, 0.4) is 0 Å². The van der Waals surface area contributed by atoms with E-state index in [-0.39, 0.29) is 0 Å². The SMILES string of the molecule is Cc1ccn(C(=Nc2ccccc2O[SiH](C)C)c2ccccc2)n1. The number of nitrogens with zero attached hydrogens (tertiary/aromatic N) is 3. The molecule has 24 heavy (non-hydrogen) atoms. The highest BCUT2D eigenvalue weighted by Gasteiger charge is 2.11. The van der Waals surface area contributed by atoms with Gasteiger partial charge in [-0.15, -0.1) is 0 Å². The van der Waals surface area contributed by atoms with Gasteiger partial charge in [-0.3, -0.25) is 0 Å². The highest BCUT2D eigenvalue weighted by molar-refractivity contribution is 6.49. The van der Waals surface area contributed by atoms with Gasteiger partial charge in [0, 0.05) is 11.8 Å². The fourth-order valence-electron chi connectivity index (χ4n) is 2.39. The van der Waals surface area contributed by atoms with Crippen molar-refractivity contribution in [1.82, 2.24) is 9.78 Å². The third kappa shape index (κ3) is 3.81. The Balaban J connectivity index is 2.11. The maximum atomic E-state index is 6.03. The van der Waals surface area contributed by atoms with Crippen LogP contribution in [-0.2, 0) is 0 Å². The average Bonchev–Trinajstić information content (AvgIpc) is 3.00. The Morgan fingerprint density at radius 1 is 1.00 bits per heavy atom. The van der Waals surface area contributed by atoms with Gasteiger partial charge in [-0.2, -0.15) is 5.10 Å². The Kier molecular flexibility index (Phi) is 4.91. The molecule has 0 amide bonds. The van der Waals surface area contributed by atoms with E-state index in [1.807, 2.05) is 78.5 Å². The molecule has 1 aromatic heterocycles. The summed E-state index contributed by atoms with van der Waals surface area (Å²) in [6, 6.07) is 20.0. The Morgan fingerprint density at radius 2 is 1.71 bits per heavy atom. The van der Waals surface area contributed by atoms with Gasteiger partial charge in [0.25, 0.3) is 0 Å². The molecule has 0 N–H and O–H groups in total. The number of rotatable bonds is 4. The van der Waals surface area contributed by atoms with Crippen LogP contribution >= 0.6 is 0 Å². The fourth-order valence-corrected chi connectivity index (χ4v) is 3.09. The van der Waals surface area contributed by atoms with Crippen molar-refractivity contribution < 1.29 is 4.43 Å². The lowest BCUT2D eigenvalue weighted by atomic mass is 10.2. The largest absolute Gasteiger partial charge is 0.546 e. The predicted octanol–water partition coefficient (Wildman–Crippen LogP) is 4.18. The maximum Gasteiger partial charge on any atom is 0.229 e. The highest BCUT2D eigenvalue weighted by atomic mass is 28.3. The molecular formula is C19H21N3OSi. The van der Waals surface area contributed by atoms with Crippen molar-refractivity contribution in [3.05, 3.63) is 78.1 Å². The van der Waals surface area contributed by atoms with Crippen LogP contribution in [0.5, 0.6) is 5.75 Å². The molecule has 0 unspecified atom stereocenters. The van der Waals surface area contributed by atoms with E-state index in [1.165, 1.54) is 0 Å². The summed E-state index contributed by atoms with van der Waals surface area (Å²) < 4.78 is 7.84. The Bertz CT molecular complexity index is 841. The molecule has 4 nitrogen and oxygen atoms in total. The topological polar surface area (TPSA) is 39.4 Å². The van der Waals surface area contributed by atoms with Crippen LogP contribution in [0.2, 0.25) is 13.1 Å². The summed E-state index contributed by atoms with van der Waals surface area (Å²) in [6.07, 6.45) is 1.93. The molecule has 0 aliphatic rings. The van der Waals surface area contributed by atoms with Crippen molar-refractivity contribution in [3.8, 4) is 5.75 Å². The van der Waals surface area contributed by atoms with Crippen molar-refractivity contribution in [2.45, 2.75) is 20.0 Å². The molecule has 3 aromatic rings. The molecule has 0 spiro atoms. The molecule has 1 heterocycles. The van der Waals surface area contributed by atoms with Crippen LogP contribution in [0.25, 0.3) is 0 Å². The summed E-state index contributed by atoms with van der Waals surface area (Å²) in [6.45, 7) is 6.27. The van der Waals surface area contributed by atoms with Gasteiger partial charge in [-0.05, 0) is 38.2 Å². The van der Waals surface area contributed by atoms with E-state index in [1.54, 1.807) is 0 Å². The number of aliphatic imine (C=N–C) groups is 1. The second-order valence-corrected chi connectivity index (χ2v) is 8.17. The molecule has 0 fully saturated rings. The van der Waals surface area contributed by atoms with Crippen molar-refractivity contribution in [1.29, 1.82) is 0 Å². The summed E-state index contributed by atoms with van der Waals surface area (Å²) in [5, 5.41) is 4.53. The van der Waals surface area contributed by atoms with E-state index in [2.05, 4.69) is 18.2 Å². The highest BCUT2D eigenvalue weighted by Crippen LogP contribution is 2.28. The summed E-state index contributed by atoms with van der Waals surface area (Å²) in [5.74, 6) is 1.61. The minimum atomic E-state index is -1.21. The lowest BCUT2D eigenvalue weighted by Crippen LogP contribution is -2.15. The van der Waals surface area contributed by atoms with Crippen molar-refractivity contribution in [2.24, 2.45) is 4.99 Å². The van der Waals surface area contributed by atoms with Crippen molar-refractivity contribution in [2.75, 3.05) is 0 Å². The summed E-state index contributed by atoms with van der Waals surface area (Å²) in [4.78, 5) is 4.88. The first-order chi connectivity index (χ1) is 11.6. The molecule has 122 valence electrons. The molecule has 0 bridgehead atoms. The Hall–Kier alpha value is -2.66. The molecule has 0 saturated heterocycles. The van der Waals surface area contributed by atoms with Gasteiger partial charge < -0.3 is 4.43 Å². The van der Waals surface area contributed by atoms with Gasteiger partial charge in [-0.25, -0.2) is 9.67 Å². The molecule has 0 aliphatic heterocycles. The molecule has 0 saturated carbocycles. The molecule has 5 heteroatoms. The molecular weight excluding hydrogens is 314 g/mol. The van der Waals surface area contributed by atoms with Crippen LogP contribution in [0.15, 0.2) is 71.9 Å². The fraction of sp³-hybridized carbons (Fsp3) is 0.158. The van der Waals surface area contributed by atoms with Crippen LogP contribution in [0.4, 0.5) is 5.69 Å². The molecule has 2 aromatic carbocycles. The molecule has 3 rings (SSSR count). The van der Waals surface area contributed by atoms with Crippen LogP contribution < -0.4 is 4.43 Å². The van der Waals surface area contributed by atoms with Gasteiger partial charge in [-0.1, -0.05) is 42.5 Å². The van der Waals surface area contributed by atoms with Crippen LogP contribution in [0, 0.1) is 6.92 Å². The third-order valence-corrected chi connectivity index (χ3v) is 4.15. The summed E-state index contributed by atoms with van der Waals surface area (Å²) in [7, 11) is -1.21. The van der Waals surface area contributed by atoms with Crippen LogP contribution in [0.1, 0.15) is 11.3 Å². The number of aryl methyl sites for hydroxylation is 1. The predicted molar refractivity (Wildman–Crippen MR) is 101 cm³/mol. The Morgan fingerprint density at radius 3 is 2.38 bits per heavy atom. The van der Waals surface area contributed by atoms with Crippen molar-refractivity contribution in [3.63, 3.8) is 0 Å². The minimum absolute atomic E-state index is 0.783. The van der Waals surface area contributed by atoms with Gasteiger partial charge in [0.05, 0.1) is 5.69 Å². The molecule has 0 radical (unpaired) electrons. The van der Waals surface area contributed by atoms with E-state index >= 15 is 0 Å². The first kappa shape index (κ1) is 16.2. The monoisotopic (exact) mass is 335 g/mol. The van der Waals surface area contributed by atoms with E-state index in [4.69, 9.17) is 9.42 Å². The lowest BCUT2D eigenvalue weighted by Gasteiger charge is -2.13. The smallest absolute Gasteiger partial charge is 0.229 e. The number of benzene rings is 2. The van der Waals surface area contributed by atoms with Crippen LogP contribution in [-0.4, -0.2) is 24.7 Å². The van der Waals surface area contributed by atoms with Gasteiger partial charge >= 0.3 is 0 Å². The van der Waals surface area contributed by atoms with E-state index in [0.29, 0.717) is 0 Å². The zero-order chi connectivity index (χ0) is 16.9. The number of hydrogen-bond acceptors (Lipinski definition) is 3. The zero-order valence-electron chi connectivity index (χ0n) is 14.2. The van der Waals surface area contributed by atoms with Gasteiger partial charge in [0.15, 0.2) is 5.84 Å².